The lowest BCUT2D eigenvalue weighted by atomic mass is 9.88. The minimum Gasteiger partial charge on any atom is -0.475 e. The van der Waals surface area contributed by atoms with Crippen LogP contribution in [0.4, 0.5) is 18.9 Å². The number of carboxylic acid groups (broad SMARTS) is 1. The molecule has 5 rings (SSSR count). The predicted molar refractivity (Wildman–Crippen MR) is 133 cm³/mol. The van der Waals surface area contributed by atoms with Crippen molar-refractivity contribution in [2.24, 2.45) is 5.92 Å². The van der Waals surface area contributed by atoms with Crippen LogP contribution < -0.4 is 4.90 Å². The SMILES string of the molecule is Cc1ncsc1C(=O)N1CCC2(C1)c1cccn1-c1ncccc1N2CCC(C)C.O=C(O)C(F)(F)F. The zero-order valence-electron chi connectivity index (χ0n) is 20.7. The number of carboxylic acids is 1. The molecular weight excluding hydrogens is 507 g/mol. The van der Waals surface area contributed by atoms with E-state index < -0.39 is 12.1 Å². The third-order valence-electron chi connectivity index (χ3n) is 6.67. The number of pyridine rings is 1. The van der Waals surface area contributed by atoms with E-state index in [9.17, 15) is 18.0 Å². The summed E-state index contributed by atoms with van der Waals surface area (Å²) in [6.07, 6.45) is 0.879. The largest absolute Gasteiger partial charge is 0.490 e. The third kappa shape index (κ3) is 5.07. The number of anilines is 1. The lowest BCUT2D eigenvalue weighted by Crippen LogP contribution is -2.53. The van der Waals surface area contributed by atoms with Gasteiger partial charge < -0.3 is 19.5 Å². The topological polar surface area (TPSA) is 91.6 Å². The Balaban J connectivity index is 0.000000405. The number of carbonyl (C=O) groups is 2. The van der Waals surface area contributed by atoms with E-state index in [1.165, 1.54) is 17.0 Å². The molecule has 5 heterocycles. The Morgan fingerprint density at radius 2 is 1.95 bits per heavy atom. The van der Waals surface area contributed by atoms with Crippen molar-refractivity contribution in [1.82, 2.24) is 19.4 Å². The van der Waals surface area contributed by atoms with Gasteiger partial charge in [-0.2, -0.15) is 13.2 Å². The molecular formula is C25H28F3N5O3S. The van der Waals surface area contributed by atoms with Crippen LogP contribution in [0.2, 0.25) is 0 Å². The zero-order valence-corrected chi connectivity index (χ0v) is 21.5. The second-order valence-electron chi connectivity index (χ2n) is 9.52. The first-order valence-electron chi connectivity index (χ1n) is 11.9. The van der Waals surface area contributed by atoms with Crippen molar-refractivity contribution < 1.29 is 27.9 Å². The first-order chi connectivity index (χ1) is 17.5. The molecule has 12 heteroatoms. The van der Waals surface area contributed by atoms with Gasteiger partial charge in [-0.15, -0.1) is 11.3 Å². The van der Waals surface area contributed by atoms with Crippen LogP contribution in [-0.2, 0) is 10.3 Å². The van der Waals surface area contributed by atoms with E-state index in [4.69, 9.17) is 14.9 Å². The Kier molecular flexibility index (Phi) is 7.31. The van der Waals surface area contributed by atoms with Gasteiger partial charge in [0.15, 0.2) is 5.82 Å². The van der Waals surface area contributed by atoms with Crippen LogP contribution in [0, 0.1) is 12.8 Å². The van der Waals surface area contributed by atoms with Gasteiger partial charge in [0.25, 0.3) is 5.91 Å². The van der Waals surface area contributed by atoms with Gasteiger partial charge in [0.05, 0.1) is 22.6 Å². The molecule has 0 bridgehead atoms. The number of likely N-dealkylation sites (tertiary alicyclic amines) is 1. The lowest BCUT2D eigenvalue weighted by molar-refractivity contribution is -0.192. The van der Waals surface area contributed by atoms with Crippen molar-refractivity contribution in [3.63, 3.8) is 0 Å². The van der Waals surface area contributed by atoms with Gasteiger partial charge in [-0.05, 0) is 49.9 Å². The van der Waals surface area contributed by atoms with Gasteiger partial charge in [-0.25, -0.2) is 14.8 Å². The molecule has 0 aliphatic carbocycles. The summed E-state index contributed by atoms with van der Waals surface area (Å²) >= 11 is 1.44. The minimum absolute atomic E-state index is 0.103. The number of nitrogens with zero attached hydrogens (tertiary/aromatic N) is 5. The second kappa shape index (κ2) is 10.2. The number of aromatic nitrogens is 3. The van der Waals surface area contributed by atoms with Crippen molar-refractivity contribution in [2.45, 2.75) is 45.3 Å². The highest BCUT2D eigenvalue weighted by molar-refractivity contribution is 7.11. The molecule has 3 aromatic heterocycles. The number of halogens is 3. The number of alkyl halides is 3. The average Bonchev–Trinajstić information content (AvgIpc) is 3.59. The molecule has 37 heavy (non-hydrogen) atoms. The second-order valence-corrected chi connectivity index (χ2v) is 10.4. The maximum Gasteiger partial charge on any atom is 0.490 e. The summed E-state index contributed by atoms with van der Waals surface area (Å²) in [5.41, 5.74) is 4.74. The Hall–Kier alpha value is -3.41. The number of carbonyl (C=O) groups excluding carboxylic acids is 1. The summed E-state index contributed by atoms with van der Waals surface area (Å²) in [5, 5.41) is 7.12. The molecule has 1 amide bonds. The van der Waals surface area contributed by atoms with Crippen LogP contribution in [0.5, 0.6) is 0 Å². The van der Waals surface area contributed by atoms with E-state index in [0.29, 0.717) is 12.5 Å². The standard InChI is InChI=1S/C23H27N5OS.C2HF3O2/c1-16(2)8-12-28-18-6-4-10-24-21(18)27-11-5-7-19(27)23(28)9-13-26(14-23)22(29)20-17(3)25-15-30-20;3-2(4,5)1(6)7/h4-7,10-11,15-16H,8-9,12-14H2,1-3H3;(H,6,7). The maximum atomic E-state index is 13.3. The fourth-order valence-corrected chi connectivity index (χ4v) is 5.64. The van der Waals surface area contributed by atoms with Crippen LogP contribution in [0.1, 0.15) is 47.7 Å². The van der Waals surface area contributed by atoms with Gasteiger partial charge in [0.1, 0.15) is 10.4 Å². The van der Waals surface area contributed by atoms with Crippen LogP contribution in [-0.4, -0.2) is 62.2 Å². The minimum atomic E-state index is -5.08. The Morgan fingerprint density at radius 1 is 1.22 bits per heavy atom. The molecule has 2 aliphatic rings. The monoisotopic (exact) mass is 535 g/mol. The van der Waals surface area contributed by atoms with Crippen LogP contribution in [0.15, 0.2) is 42.2 Å². The van der Waals surface area contributed by atoms with Crippen molar-refractivity contribution in [2.75, 3.05) is 24.5 Å². The van der Waals surface area contributed by atoms with E-state index >= 15 is 0 Å². The Labute approximate surface area is 216 Å². The molecule has 198 valence electrons. The fourth-order valence-electron chi connectivity index (χ4n) is 4.87. The van der Waals surface area contributed by atoms with Gasteiger partial charge in [-0.3, -0.25) is 4.79 Å². The molecule has 3 aromatic rings. The molecule has 2 aliphatic heterocycles. The number of amides is 1. The lowest BCUT2D eigenvalue weighted by Gasteiger charge is -2.47. The normalized spacial score (nSPS) is 18.5. The molecule has 1 spiro atoms. The predicted octanol–water partition coefficient (Wildman–Crippen LogP) is 4.88. The Morgan fingerprint density at radius 3 is 2.57 bits per heavy atom. The number of hydrogen-bond acceptors (Lipinski definition) is 6. The molecule has 1 atom stereocenters. The third-order valence-corrected chi connectivity index (χ3v) is 7.59. The summed E-state index contributed by atoms with van der Waals surface area (Å²) in [6, 6.07) is 8.48. The van der Waals surface area contributed by atoms with Gasteiger partial charge in [0, 0.05) is 32.0 Å². The van der Waals surface area contributed by atoms with E-state index in [2.05, 4.69) is 52.7 Å². The highest BCUT2D eigenvalue weighted by Crippen LogP contribution is 2.47. The van der Waals surface area contributed by atoms with E-state index in [1.807, 2.05) is 24.1 Å². The number of aryl methyl sites for hydroxylation is 1. The highest BCUT2D eigenvalue weighted by atomic mass is 32.1. The number of fused-ring (bicyclic) bond motifs is 4. The van der Waals surface area contributed by atoms with Crippen molar-refractivity contribution in [1.29, 1.82) is 0 Å². The average molecular weight is 536 g/mol. The molecule has 1 saturated heterocycles. The maximum absolute atomic E-state index is 13.3. The highest BCUT2D eigenvalue weighted by Gasteiger charge is 2.51. The van der Waals surface area contributed by atoms with E-state index in [1.54, 1.807) is 5.51 Å². The molecule has 1 unspecified atom stereocenters. The zero-order chi connectivity index (χ0) is 27.0. The van der Waals surface area contributed by atoms with E-state index in [0.717, 1.165) is 48.0 Å². The fraction of sp³-hybridized carbons (Fsp3) is 0.440. The number of thiazole rings is 1. The van der Waals surface area contributed by atoms with Gasteiger partial charge in [0.2, 0.25) is 0 Å². The molecule has 1 N–H and O–H groups in total. The first-order valence-corrected chi connectivity index (χ1v) is 12.7. The quantitative estimate of drug-likeness (QED) is 0.512. The van der Waals surface area contributed by atoms with Crippen LogP contribution in [0.25, 0.3) is 5.82 Å². The first kappa shape index (κ1) is 26.6. The van der Waals surface area contributed by atoms with Crippen molar-refractivity contribution >= 4 is 28.9 Å². The number of rotatable bonds is 4. The summed E-state index contributed by atoms with van der Waals surface area (Å²) in [7, 11) is 0. The molecule has 1 fully saturated rings. The van der Waals surface area contributed by atoms with Gasteiger partial charge in [-0.1, -0.05) is 13.8 Å². The van der Waals surface area contributed by atoms with E-state index in [-0.39, 0.29) is 11.4 Å². The number of hydrogen-bond donors (Lipinski definition) is 1. The Bertz CT molecular complexity index is 1290. The summed E-state index contributed by atoms with van der Waals surface area (Å²) in [4.78, 5) is 36.5. The molecule has 0 saturated carbocycles. The number of aliphatic carboxylic acids is 1. The van der Waals surface area contributed by atoms with Gasteiger partial charge >= 0.3 is 12.1 Å². The van der Waals surface area contributed by atoms with Crippen LogP contribution in [0.3, 0.4) is 0 Å². The molecule has 0 radical (unpaired) electrons. The van der Waals surface area contributed by atoms with Crippen LogP contribution >= 0.6 is 11.3 Å². The van der Waals surface area contributed by atoms with Crippen molar-refractivity contribution in [3.8, 4) is 5.82 Å². The van der Waals surface area contributed by atoms with Crippen molar-refractivity contribution in [3.05, 3.63) is 58.4 Å². The summed E-state index contributed by atoms with van der Waals surface area (Å²) in [5.74, 6) is -1.07. The summed E-state index contributed by atoms with van der Waals surface area (Å²) < 4.78 is 34.0. The smallest absolute Gasteiger partial charge is 0.475 e. The molecule has 0 aromatic carbocycles. The summed E-state index contributed by atoms with van der Waals surface area (Å²) in [6.45, 7) is 8.82. The molecule has 8 nitrogen and oxygen atoms in total.